The number of rotatable bonds is 1. The largest absolute Gasteiger partial charge is 0.261 e. The summed E-state index contributed by atoms with van der Waals surface area (Å²) in [6.07, 6.45) is 0.739. The summed E-state index contributed by atoms with van der Waals surface area (Å²) in [5.74, 6) is 0. The average Bonchev–Trinajstić information content (AvgIpc) is 1.83. The molecule has 0 aliphatic carbocycles. The van der Waals surface area contributed by atoms with E-state index < -0.39 is 13.0 Å². The first-order valence-electron chi connectivity index (χ1n) is 4.54. The van der Waals surface area contributed by atoms with E-state index >= 15 is 0 Å². The number of nitroso groups, excluding NO2 is 1. The lowest BCUT2D eigenvalue weighted by Crippen LogP contribution is -2.23. The molecule has 0 aromatic carbocycles. The molecule has 0 bridgehead atoms. The predicted molar refractivity (Wildman–Crippen MR) is 31.2 cm³/mol. The first-order valence-corrected chi connectivity index (χ1v) is 2.54. The van der Waals surface area contributed by atoms with Crippen molar-refractivity contribution in [2.75, 3.05) is 13.0 Å². The first kappa shape index (κ1) is 2.33. The summed E-state index contributed by atoms with van der Waals surface area (Å²) < 4.78 is 29.2. The van der Waals surface area contributed by atoms with Crippen molar-refractivity contribution in [3.05, 3.63) is 4.91 Å². The highest BCUT2D eigenvalue weighted by Gasteiger charge is 2.06. The summed E-state index contributed by atoms with van der Waals surface area (Å²) in [4.78, 5) is 10.2. The third kappa shape index (κ3) is 1.18. The molecule has 0 unspecified atom stereocenters. The van der Waals surface area contributed by atoms with Crippen LogP contribution < -0.4 is 0 Å². The summed E-state index contributed by atoms with van der Waals surface area (Å²) in [7, 11) is 0. The SMILES string of the molecule is [2H]C1([2H])CCCC([2H])([2H])N1N=O. The Morgan fingerprint density at radius 1 is 1.38 bits per heavy atom. The van der Waals surface area contributed by atoms with Crippen LogP contribution >= 0.6 is 0 Å². The molecule has 0 aromatic heterocycles. The molecule has 0 amide bonds. The molecule has 8 heavy (non-hydrogen) atoms. The Hall–Kier alpha value is -0.600. The summed E-state index contributed by atoms with van der Waals surface area (Å²) in [5, 5.41) is 2.76. The molecule has 0 spiro atoms. The minimum absolute atomic E-state index is 0.151. The van der Waals surface area contributed by atoms with Gasteiger partial charge >= 0.3 is 0 Å². The molecular weight excluding hydrogens is 104 g/mol. The minimum atomic E-state index is -1.94. The summed E-state index contributed by atoms with van der Waals surface area (Å²) in [6.45, 7) is -3.88. The molecule has 1 aliphatic heterocycles. The Labute approximate surface area is 54.2 Å². The van der Waals surface area contributed by atoms with Gasteiger partial charge in [0.05, 0.1) is 10.8 Å². The highest BCUT2D eigenvalue weighted by atomic mass is 16.3. The fraction of sp³-hybridized carbons (Fsp3) is 1.00. The second-order valence-corrected chi connectivity index (χ2v) is 1.56. The Balaban J connectivity index is 2.88. The van der Waals surface area contributed by atoms with Gasteiger partial charge in [0.1, 0.15) is 0 Å². The second kappa shape index (κ2) is 2.64. The molecule has 1 aliphatic rings. The third-order valence-electron chi connectivity index (χ3n) is 0.958. The number of hydrogen-bond acceptors (Lipinski definition) is 2. The lowest BCUT2D eigenvalue weighted by atomic mass is 10.2. The molecule has 46 valence electrons. The normalized spacial score (nSPS) is 40.8. The van der Waals surface area contributed by atoms with Crippen LogP contribution in [0.2, 0.25) is 0 Å². The van der Waals surface area contributed by atoms with E-state index in [1.165, 1.54) is 0 Å². The predicted octanol–water partition coefficient (Wildman–Crippen LogP) is 1.15. The highest BCUT2D eigenvalue weighted by Crippen LogP contribution is 2.07. The van der Waals surface area contributed by atoms with E-state index in [9.17, 15) is 4.91 Å². The maximum Gasteiger partial charge on any atom is 0.0523 e. The van der Waals surface area contributed by atoms with Crippen LogP contribution in [0.1, 0.15) is 24.7 Å². The molecule has 1 heterocycles. The molecule has 0 saturated carbocycles. The Bertz CT molecular complexity index is 180. The Kier molecular flexibility index (Phi) is 0.771. The maximum absolute atomic E-state index is 10.2. The van der Waals surface area contributed by atoms with Gasteiger partial charge in [-0.1, -0.05) is 0 Å². The molecule has 0 aromatic rings. The van der Waals surface area contributed by atoms with Crippen LogP contribution in [0.15, 0.2) is 5.29 Å². The van der Waals surface area contributed by atoms with Gasteiger partial charge in [-0.3, -0.25) is 5.01 Å². The smallest absolute Gasteiger partial charge is 0.0523 e. The van der Waals surface area contributed by atoms with E-state index in [1.54, 1.807) is 0 Å². The standard InChI is InChI=1S/C5H10N2O/c8-6-7-4-2-1-3-5-7/h1-5H2/i4D2,5D2. The van der Waals surface area contributed by atoms with Crippen LogP contribution in [0, 0.1) is 4.91 Å². The summed E-state index contributed by atoms with van der Waals surface area (Å²) in [5.41, 5.74) is 0. The minimum Gasteiger partial charge on any atom is -0.261 e. The van der Waals surface area contributed by atoms with Crippen molar-refractivity contribution >= 4 is 0 Å². The molecule has 1 fully saturated rings. The van der Waals surface area contributed by atoms with E-state index in [0.717, 1.165) is 0 Å². The monoisotopic (exact) mass is 118 g/mol. The van der Waals surface area contributed by atoms with Crippen LogP contribution in [0.4, 0.5) is 0 Å². The van der Waals surface area contributed by atoms with Gasteiger partial charge in [0.25, 0.3) is 0 Å². The lowest BCUT2D eigenvalue weighted by Gasteiger charge is -2.19. The van der Waals surface area contributed by atoms with Crippen molar-refractivity contribution < 1.29 is 5.48 Å². The van der Waals surface area contributed by atoms with Crippen LogP contribution in [-0.2, 0) is 0 Å². The van der Waals surface area contributed by atoms with Crippen LogP contribution in [0.3, 0.4) is 0 Å². The third-order valence-corrected chi connectivity index (χ3v) is 0.958. The maximum atomic E-state index is 10.2. The Morgan fingerprint density at radius 2 is 2.00 bits per heavy atom. The summed E-state index contributed by atoms with van der Waals surface area (Å²) in [6, 6.07) is 0. The average molecular weight is 118 g/mol. The zero-order valence-corrected chi connectivity index (χ0v) is 4.42. The van der Waals surface area contributed by atoms with Crippen molar-refractivity contribution in [2.24, 2.45) is 5.29 Å². The van der Waals surface area contributed by atoms with Crippen LogP contribution in [0.5, 0.6) is 0 Å². The van der Waals surface area contributed by atoms with Gasteiger partial charge in [-0.2, -0.15) is 0 Å². The molecule has 0 N–H and O–H groups in total. The molecule has 3 heteroatoms. The van der Waals surface area contributed by atoms with Crippen molar-refractivity contribution in [2.45, 2.75) is 19.3 Å². The van der Waals surface area contributed by atoms with Gasteiger partial charge in [-0.25, -0.2) is 0 Å². The fourth-order valence-electron chi connectivity index (χ4n) is 0.572. The van der Waals surface area contributed by atoms with Crippen molar-refractivity contribution in [1.82, 2.24) is 5.01 Å². The van der Waals surface area contributed by atoms with Crippen molar-refractivity contribution in [3.63, 3.8) is 0 Å². The fourth-order valence-corrected chi connectivity index (χ4v) is 0.572. The van der Waals surface area contributed by atoms with Gasteiger partial charge < -0.3 is 0 Å². The quantitative estimate of drug-likeness (QED) is 0.484. The van der Waals surface area contributed by atoms with Gasteiger partial charge in [-0.15, -0.1) is 4.91 Å². The zero-order valence-electron chi connectivity index (χ0n) is 8.42. The molecule has 1 saturated heterocycles. The van der Waals surface area contributed by atoms with Crippen LogP contribution in [0.25, 0.3) is 0 Å². The van der Waals surface area contributed by atoms with E-state index in [-0.39, 0.29) is 12.8 Å². The first-order chi connectivity index (χ1) is 5.40. The van der Waals surface area contributed by atoms with Gasteiger partial charge in [0.2, 0.25) is 0 Å². The number of nitrogens with zero attached hydrogens (tertiary/aromatic N) is 2. The topological polar surface area (TPSA) is 32.7 Å². The van der Waals surface area contributed by atoms with Crippen molar-refractivity contribution in [1.29, 1.82) is 0 Å². The second-order valence-electron chi connectivity index (χ2n) is 1.56. The molecule has 0 radical (unpaired) electrons. The van der Waals surface area contributed by atoms with Crippen molar-refractivity contribution in [3.8, 4) is 0 Å². The van der Waals surface area contributed by atoms with Crippen LogP contribution in [-0.4, -0.2) is 18.0 Å². The Morgan fingerprint density at radius 3 is 2.38 bits per heavy atom. The van der Waals surface area contributed by atoms with E-state index in [1.807, 2.05) is 0 Å². The molecule has 0 atom stereocenters. The van der Waals surface area contributed by atoms with Gasteiger partial charge in [0.15, 0.2) is 0 Å². The van der Waals surface area contributed by atoms with Gasteiger partial charge in [0, 0.05) is 13.0 Å². The van der Waals surface area contributed by atoms with E-state index in [4.69, 9.17) is 5.48 Å². The molecule has 3 nitrogen and oxygen atoms in total. The summed E-state index contributed by atoms with van der Waals surface area (Å²) >= 11 is 0. The lowest BCUT2D eigenvalue weighted by molar-refractivity contribution is 0.236. The van der Waals surface area contributed by atoms with E-state index in [2.05, 4.69) is 5.29 Å². The number of hydrogen-bond donors (Lipinski definition) is 0. The zero-order chi connectivity index (χ0) is 9.41. The highest BCUT2D eigenvalue weighted by molar-refractivity contribution is 4.58. The number of piperidine rings is 1. The molecule has 1 rings (SSSR count). The molecular formula is C5H10N2O. The van der Waals surface area contributed by atoms with E-state index in [0.29, 0.717) is 11.4 Å². The van der Waals surface area contributed by atoms with Gasteiger partial charge in [-0.05, 0) is 19.3 Å².